The SMILES string of the molecule is Cn1cncc1-c1nc2c([nH]1)CC(C(F)(F)F)CC2. The lowest BCUT2D eigenvalue weighted by Gasteiger charge is -2.23. The molecule has 2 aromatic rings. The van der Waals surface area contributed by atoms with Crippen LogP contribution in [-0.4, -0.2) is 25.7 Å². The van der Waals surface area contributed by atoms with Gasteiger partial charge in [0.15, 0.2) is 5.82 Å². The molecule has 1 atom stereocenters. The summed E-state index contributed by atoms with van der Waals surface area (Å²) in [5.74, 6) is -0.673. The summed E-state index contributed by atoms with van der Waals surface area (Å²) in [6.45, 7) is 0. The number of fused-ring (bicyclic) bond motifs is 1. The third-order valence-corrected chi connectivity index (χ3v) is 3.57. The van der Waals surface area contributed by atoms with Gasteiger partial charge in [0.2, 0.25) is 0 Å². The second kappa shape index (κ2) is 4.11. The highest BCUT2D eigenvalue weighted by molar-refractivity contribution is 5.50. The first kappa shape index (κ1) is 12.3. The lowest BCUT2D eigenvalue weighted by molar-refractivity contribution is -0.177. The van der Waals surface area contributed by atoms with Gasteiger partial charge in [-0.25, -0.2) is 9.97 Å². The van der Waals surface area contributed by atoms with Gasteiger partial charge in [0, 0.05) is 19.2 Å². The molecule has 0 aromatic carbocycles. The largest absolute Gasteiger partial charge is 0.392 e. The number of H-pyrrole nitrogens is 1. The normalized spacial score (nSPS) is 19.5. The fourth-order valence-electron chi connectivity index (χ4n) is 2.47. The third kappa shape index (κ3) is 2.13. The van der Waals surface area contributed by atoms with Crippen molar-refractivity contribution >= 4 is 0 Å². The summed E-state index contributed by atoms with van der Waals surface area (Å²) in [6.07, 6.45) is -0.375. The molecule has 19 heavy (non-hydrogen) atoms. The number of alkyl halides is 3. The molecule has 0 spiro atoms. The number of nitrogens with zero attached hydrogens (tertiary/aromatic N) is 3. The van der Waals surface area contributed by atoms with Crippen LogP contribution >= 0.6 is 0 Å². The van der Waals surface area contributed by atoms with E-state index in [0.717, 1.165) is 11.4 Å². The van der Waals surface area contributed by atoms with Crippen LogP contribution in [0.5, 0.6) is 0 Å². The van der Waals surface area contributed by atoms with Gasteiger partial charge < -0.3 is 9.55 Å². The highest BCUT2D eigenvalue weighted by Crippen LogP contribution is 2.36. The van der Waals surface area contributed by atoms with Crippen molar-refractivity contribution in [2.75, 3.05) is 0 Å². The van der Waals surface area contributed by atoms with Crippen molar-refractivity contribution in [3.8, 4) is 11.5 Å². The number of hydrogen-bond acceptors (Lipinski definition) is 2. The summed E-state index contributed by atoms with van der Waals surface area (Å²) in [5, 5.41) is 0. The maximum absolute atomic E-state index is 12.7. The van der Waals surface area contributed by atoms with Crippen molar-refractivity contribution in [2.45, 2.75) is 25.4 Å². The maximum Gasteiger partial charge on any atom is 0.392 e. The Labute approximate surface area is 107 Å². The minimum Gasteiger partial charge on any atom is -0.340 e. The predicted octanol–water partition coefficient (Wildman–Crippen LogP) is 2.48. The molecule has 1 aliphatic rings. The molecule has 1 unspecified atom stereocenters. The summed E-state index contributed by atoms with van der Waals surface area (Å²) in [7, 11) is 1.82. The Kier molecular flexibility index (Phi) is 2.65. The molecule has 0 radical (unpaired) electrons. The van der Waals surface area contributed by atoms with E-state index in [1.807, 2.05) is 7.05 Å². The number of nitrogens with one attached hydrogen (secondary N) is 1. The number of halogens is 3. The molecule has 0 aliphatic heterocycles. The van der Waals surface area contributed by atoms with Crippen LogP contribution in [0.1, 0.15) is 17.8 Å². The zero-order valence-corrected chi connectivity index (χ0v) is 10.3. The second-order valence-electron chi connectivity index (χ2n) is 4.88. The zero-order valence-electron chi connectivity index (χ0n) is 10.3. The highest BCUT2D eigenvalue weighted by Gasteiger charge is 2.42. The number of aryl methyl sites for hydroxylation is 2. The molecular weight excluding hydrogens is 257 g/mol. The Morgan fingerprint density at radius 2 is 2.21 bits per heavy atom. The first-order valence-corrected chi connectivity index (χ1v) is 6.06. The van der Waals surface area contributed by atoms with E-state index in [1.165, 1.54) is 0 Å². The lowest BCUT2D eigenvalue weighted by Crippen LogP contribution is -2.28. The Hall–Kier alpha value is -1.79. The fourth-order valence-corrected chi connectivity index (χ4v) is 2.47. The van der Waals surface area contributed by atoms with Crippen LogP contribution < -0.4 is 0 Å². The van der Waals surface area contributed by atoms with Crippen molar-refractivity contribution < 1.29 is 13.2 Å². The number of aromatic amines is 1. The molecule has 2 aromatic heterocycles. The summed E-state index contributed by atoms with van der Waals surface area (Å²) >= 11 is 0. The Bertz CT molecular complexity index is 596. The van der Waals surface area contributed by atoms with Crippen LogP contribution in [0.4, 0.5) is 13.2 Å². The molecule has 4 nitrogen and oxygen atoms in total. The van der Waals surface area contributed by atoms with Crippen molar-refractivity contribution in [3.05, 3.63) is 23.9 Å². The Balaban J connectivity index is 1.91. The van der Waals surface area contributed by atoms with Gasteiger partial charge in [-0.15, -0.1) is 0 Å². The average Bonchev–Trinajstić information content (AvgIpc) is 2.91. The zero-order chi connectivity index (χ0) is 13.6. The smallest absolute Gasteiger partial charge is 0.340 e. The molecule has 0 saturated carbocycles. The van der Waals surface area contributed by atoms with E-state index in [4.69, 9.17) is 0 Å². The highest BCUT2D eigenvalue weighted by atomic mass is 19.4. The number of aromatic nitrogens is 4. The van der Waals surface area contributed by atoms with Crippen molar-refractivity contribution in [1.29, 1.82) is 0 Å². The molecular formula is C12H13F3N4. The molecule has 0 bridgehead atoms. The quantitative estimate of drug-likeness (QED) is 0.865. The Morgan fingerprint density at radius 3 is 2.84 bits per heavy atom. The minimum absolute atomic E-state index is 0.0102. The molecule has 102 valence electrons. The molecule has 0 fully saturated rings. The first-order valence-electron chi connectivity index (χ1n) is 6.06. The van der Waals surface area contributed by atoms with Gasteiger partial charge in [-0.1, -0.05) is 0 Å². The van der Waals surface area contributed by atoms with E-state index in [0.29, 0.717) is 17.9 Å². The predicted molar refractivity (Wildman–Crippen MR) is 62.4 cm³/mol. The standard InChI is InChI=1S/C12H13F3N4/c1-19-6-16-5-10(19)11-17-8-3-2-7(12(13,14)15)4-9(8)18-11/h5-7H,2-4H2,1H3,(H,17,18). The number of hydrogen-bond donors (Lipinski definition) is 1. The summed E-state index contributed by atoms with van der Waals surface area (Å²) in [6, 6.07) is 0. The topological polar surface area (TPSA) is 46.5 Å². The lowest BCUT2D eigenvalue weighted by atomic mass is 9.89. The second-order valence-corrected chi connectivity index (χ2v) is 4.88. The molecule has 1 N–H and O–H groups in total. The van der Waals surface area contributed by atoms with Gasteiger partial charge in [-0.2, -0.15) is 13.2 Å². The van der Waals surface area contributed by atoms with Crippen LogP contribution in [-0.2, 0) is 19.9 Å². The van der Waals surface area contributed by atoms with E-state index < -0.39 is 12.1 Å². The van der Waals surface area contributed by atoms with Gasteiger partial charge in [0.1, 0.15) is 5.69 Å². The summed E-state index contributed by atoms with van der Waals surface area (Å²) in [5.41, 5.74) is 2.12. The molecule has 3 rings (SSSR count). The van der Waals surface area contributed by atoms with Gasteiger partial charge in [-0.3, -0.25) is 0 Å². The fraction of sp³-hybridized carbons (Fsp3) is 0.500. The van der Waals surface area contributed by atoms with Crippen LogP contribution in [0.25, 0.3) is 11.5 Å². The number of imidazole rings is 2. The van der Waals surface area contributed by atoms with Gasteiger partial charge in [-0.05, 0) is 12.8 Å². The Morgan fingerprint density at radius 1 is 1.42 bits per heavy atom. The molecule has 0 saturated heterocycles. The summed E-state index contributed by atoms with van der Waals surface area (Å²) < 4.78 is 40.0. The minimum atomic E-state index is -4.13. The molecule has 7 heteroatoms. The van der Waals surface area contributed by atoms with E-state index in [-0.39, 0.29) is 12.8 Å². The first-order chi connectivity index (χ1) is 8.95. The third-order valence-electron chi connectivity index (χ3n) is 3.57. The molecule has 2 heterocycles. The van der Waals surface area contributed by atoms with E-state index in [1.54, 1.807) is 17.1 Å². The van der Waals surface area contributed by atoms with Gasteiger partial charge >= 0.3 is 6.18 Å². The van der Waals surface area contributed by atoms with Gasteiger partial charge in [0.05, 0.1) is 24.1 Å². The average molecular weight is 270 g/mol. The molecule has 0 amide bonds. The van der Waals surface area contributed by atoms with Crippen LogP contribution in [0.15, 0.2) is 12.5 Å². The van der Waals surface area contributed by atoms with Crippen LogP contribution in [0.3, 0.4) is 0 Å². The van der Waals surface area contributed by atoms with Crippen molar-refractivity contribution in [1.82, 2.24) is 19.5 Å². The summed E-state index contributed by atoms with van der Waals surface area (Å²) in [4.78, 5) is 11.4. The molecule has 1 aliphatic carbocycles. The van der Waals surface area contributed by atoms with E-state index in [9.17, 15) is 13.2 Å². The monoisotopic (exact) mass is 270 g/mol. The van der Waals surface area contributed by atoms with E-state index in [2.05, 4.69) is 15.0 Å². The van der Waals surface area contributed by atoms with Crippen LogP contribution in [0.2, 0.25) is 0 Å². The van der Waals surface area contributed by atoms with E-state index >= 15 is 0 Å². The maximum atomic E-state index is 12.7. The van der Waals surface area contributed by atoms with Crippen molar-refractivity contribution in [3.63, 3.8) is 0 Å². The van der Waals surface area contributed by atoms with Crippen LogP contribution in [0, 0.1) is 5.92 Å². The van der Waals surface area contributed by atoms with Gasteiger partial charge in [0.25, 0.3) is 0 Å². The van der Waals surface area contributed by atoms with Crippen molar-refractivity contribution in [2.24, 2.45) is 13.0 Å². The number of rotatable bonds is 1.